The van der Waals surface area contributed by atoms with Gasteiger partial charge < -0.3 is 10.6 Å². The summed E-state index contributed by atoms with van der Waals surface area (Å²) in [5.74, 6) is -0.389. The number of aromatic nitrogens is 2. The van der Waals surface area contributed by atoms with Gasteiger partial charge in [-0.1, -0.05) is 36.4 Å². The van der Waals surface area contributed by atoms with Gasteiger partial charge in [0, 0.05) is 17.8 Å². The summed E-state index contributed by atoms with van der Waals surface area (Å²) >= 11 is 4.67. The molecular weight excluding hydrogens is 469 g/mol. The van der Waals surface area contributed by atoms with Crippen LogP contribution in [-0.4, -0.2) is 21.9 Å². The molecule has 2 aromatic heterocycles. The fraction of sp³-hybridized carbons (Fsp3) is 0.263. The number of nitrogens with zero attached hydrogens (tertiary/aromatic N) is 2. The quantitative estimate of drug-likeness (QED) is 0.528. The highest BCUT2D eigenvalue weighted by Gasteiger charge is 2.47. The lowest BCUT2D eigenvalue weighted by molar-refractivity contribution is -0.173. The Morgan fingerprint density at radius 2 is 2.03 bits per heavy atom. The van der Waals surface area contributed by atoms with E-state index in [1.165, 1.54) is 11.3 Å². The van der Waals surface area contributed by atoms with Crippen molar-refractivity contribution in [1.29, 1.82) is 0 Å². The number of amides is 1. The van der Waals surface area contributed by atoms with Crippen molar-refractivity contribution in [1.82, 2.24) is 15.1 Å². The van der Waals surface area contributed by atoms with Crippen molar-refractivity contribution in [2.75, 3.05) is 5.32 Å². The first-order valence-corrected chi connectivity index (χ1v) is 10.5. The minimum absolute atomic E-state index is 0.0792. The van der Waals surface area contributed by atoms with Crippen molar-refractivity contribution >= 4 is 39.0 Å². The Balaban J connectivity index is 1.63. The van der Waals surface area contributed by atoms with Crippen molar-refractivity contribution < 1.29 is 18.0 Å². The third-order valence-corrected chi connectivity index (χ3v) is 6.43. The van der Waals surface area contributed by atoms with Crippen LogP contribution in [0.15, 0.2) is 52.3 Å². The van der Waals surface area contributed by atoms with E-state index in [-0.39, 0.29) is 29.0 Å². The van der Waals surface area contributed by atoms with Crippen LogP contribution in [0.3, 0.4) is 0 Å². The van der Waals surface area contributed by atoms with E-state index in [1.807, 2.05) is 35.7 Å². The molecule has 1 aromatic carbocycles. The highest BCUT2D eigenvalue weighted by Crippen LogP contribution is 2.46. The van der Waals surface area contributed by atoms with Crippen LogP contribution in [0, 0.1) is 0 Å². The first kappa shape index (κ1) is 20.0. The van der Waals surface area contributed by atoms with Crippen molar-refractivity contribution in [3.8, 4) is 0 Å². The second-order valence-corrected chi connectivity index (χ2v) is 8.40. The zero-order valence-corrected chi connectivity index (χ0v) is 17.3. The number of thiophene rings is 1. The Kier molecular flexibility index (Phi) is 5.39. The zero-order chi connectivity index (χ0) is 20.6. The van der Waals surface area contributed by atoms with Gasteiger partial charge in [-0.25, -0.2) is 4.68 Å². The molecule has 3 heterocycles. The van der Waals surface area contributed by atoms with Crippen LogP contribution in [-0.2, 0) is 6.54 Å². The van der Waals surface area contributed by atoms with E-state index in [9.17, 15) is 18.0 Å². The van der Waals surface area contributed by atoms with E-state index < -0.39 is 24.2 Å². The van der Waals surface area contributed by atoms with Crippen molar-refractivity contribution in [3.05, 3.63) is 68.5 Å². The number of halogens is 4. The summed E-state index contributed by atoms with van der Waals surface area (Å²) in [6, 6.07) is 10.5. The van der Waals surface area contributed by atoms with Gasteiger partial charge >= 0.3 is 6.18 Å². The smallest absolute Gasteiger partial charge is 0.362 e. The number of nitrogens with one attached hydrogen (secondary N) is 2. The average Bonchev–Trinajstić information content (AvgIpc) is 3.34. The monoisotopic (exact) mass is 484 g/mol. The highest BCUT2D eigenvalue weighted by molar-refractivity contribution is 9.10. The summed E-state index contributed by atoms with van der Waals surface area (Å²) in [5, 5.41) is 11.6. The topological polar surface area (TPSA) is 59.0 Å². The molecular formula is C19H16BrF3N4OS. The first-order chi connectivity index (χ1) is 13.8. The Bertz CT molecular complexity index is 1000. The summed E-state index contributed by atoms with van der Waals surface area (Å²) in [6.07, 6.45) is -4.69. The van der Waals surface area contributed by atoms with Crippen LogP contribution in [0.4, 0.5) is 19.0 Å². The van der Waals surface area contributed by atoms with Gasteiger partial charge in [0.05, 0.1) is 10.5 Å². The zero-order valence-electron chi connectivity index (χ0n) is 14.9. The van der Waals surface area contributed by atoms with Crippen LogP contribution in [0.2, 0.25) is 0 Å². The van der Waals surface area contributed by atoms with Gasteiger partial charge in [-0.3, -0.25) is 4.79 Å². The number of carbonyl (C=O) groups excluding carboxylic acids is 1. The SMILES string of the molecule is O=C(NCc1ccccc1)c1nn2c(c1Br)N[C@@H](c1cccs1)C[C@H]2C(F)(F)F. The number of rotatable bonds is 4. The van der Waals surface area contributed by atoms with Crippen molar-refractivity contribution in [3.63, 3.8) is 0 Å². The third kappa shape index (κ3) is 4.04. The van der Waals surface area contributed by atoms with Crippen LogP contribution in [0.5, 0.6) is 0 Å². The molecule has 0 unspecified atom stereocenters. The van der Waals surface area contributed by atoms with Crippen LogP contribution in [0.1, 0.15) is 39.4 Å². The number of alkyl halides is 3. The Morgan fingerprint density at radius 3 is 2.69 bits per heavy atom. The third-order valence-electron chi connectivity index (χ3n) is 4.69. The van der Waals surface area contributed by atoms with Crippen molar-refractivity contribution in [2.45, 2.75) is 31.2 Å². The summed E-state index contributed by atoms with van der Waals surface area (Å²) in [6.45, 7) is 0.252. The second kappa shape index (κ2) is 7.83. The largest absolute Gasteiger partial charge is 0.410 e. The van der Waals surface area contributed by atoms with Gasteiger partial charge in [0.1, 0.15) is 5.82 Å². The molecule has 10 heteroatoms. The van der Waals surface area contributed by atoms with Gasteiger partial charge in [0.25, 0.3) is 5.91 Å². The molecule has 0 saturated heterocycles. The van der Waals surface area contributed by atoms with E-state index in [2.05, 4.69) is 31.7 Å². The maximum absolute atomic E-state index is 13.7. The molecule has 2 atom stereocenters. The molecule has 4 rings (SSSR count). The average molecular weight is 485 g/mol. The van der Waals surface area contributed by atoms with E-state index in [4.69, 9.17) is 0 Å². The minimum Gasteiger partial charge on any atom is -0.362 e. The maximum Gasteiger partial charge on any atom is 0.410 e. The summed E-state index contributed by atoms with van der Waals surface area (Å²) < 4.78 is 42.3. The number of hydrogen-bond acceptors (Lipinski definition) is 4. The standard InChI is InChI=1S/C19H16BrF3N4OS/c20-15-16(18(28)24-10-11-5-2-1-3-6-11)26-27-14(19(21,22)23)9-12(25-17(15)27)13-7-4-8-29-13/h1-8,12,14,25H,9-10H2,(H,24,28)/t12-,14+/m1/s1. The predicted molar refractivity (Wildman–Crippen MR) is 108 cm³/mol. The van der Waals surface area contributed by atoms with Gasteiger partial charge in [-0.05, 0) is 32.9 Å². The molecule has 5 nitrogen and oxygen atoms in total. The van der Waals surface area contributed by atoms with Gasteiger partial charge in [-0.15, -0.1) is 11.3 Å². The number of carbonyl (C=O) groups is 1. The Labute approximate surface area is 177 Å². The lowest BCUT2D eigenvalue weighted by atomic mass is 10.0. The molecule has 29 heavy (non-hydrogen) atoms. The van der Waals surface area contributed by atoms with E-state index in [0.29, 0.717) is 0 Å². The van der Waals surface area contributed by atoms with Gasteiger partial charge in [0.2, 0.25) is 0 Å². The lowest BCUT2D eigenvalue weighted by Crippen LogP contribution is -2.35. The number of benzene rings is 1. The van der Waals surface area contributed by atoms with Crippen LogP contribution < -0.4 is 10.6 Å². The highest BCUT2D eigenvalue weighted by atomic mass is 79.9. The molecule has 1 aliphatic heterocycles. The molecule has 0 fully saturated rings. The summed E-state index contributed by atoms with van der Waals surface area (Å²) in [5.41, 5.74) is 0.800. The fourth-order valence-electron chi connectivity index (χ4n) is 3.27. The molecule has 0 saturated carbocycles. The van der Waals surface area contributed by atoms with E-state index in [0.717, 1.165) is 15.1 Å². The molecule has 1 aliphatic rings. The normalized spacial score (nSPS) is 18.8. The maximum atomic E-state index is 13.7. The minimum atomic E-state index is -4.49. The first-order valence-electron chi connectivity index (χ1n) is 8.81. The lowest BCUT2D eigenvalue weighted by Gasteiger charge is -2.33. The number of fused-ring (bicyclic) bond motifs is 1. The molecule has 1 amide bonds. The molecule has 0 spiro atoms. The van der Waals surface area contributed by atoms with Crippen molar-refractivity contribution in [2.24, 2.45) is 0 Å². The summed E-state index contributed by atoms with van der Waals surface area (Å²) in [4.78, 5) is 13.4. The molecule has 0 bridgehead atoms. The molecule has 152 valence electrons. The Morgan fingerprint density at radius 1 is 1.28 bits per heavy atom. The number of anilines is 1. The molecule has 3 aromatic rings. The second-order valence-electron chi connectivity index (χ2n) is 6.63. The molecule has 0 aliphatic carbocycles. The van der Waals surface area contributed by atoms with Crippen LogP contribution in [0.25, 0.3) is 0 Å². The fourth-order valence-corrected chi connectivity index (χ4v) is 4.62. The van der Waals surface area contributed by atoms with Gasteiger partial charge in [-0.2, -0.15) is 18.3 Å². The van der Waals surface area contributed by atoms with E-state index in [1.54, 1.807) is 12.1 Å². The predicted octanol–water partition coefficient (Wildman–Crippen LogP) is 5.30. The summed E-state index contributed by atoms with van der Waals surface area (Å²) in [7, 11) is 0. The Hall–Kier alpha value is -2.33. The van der Waals surface area contributed by atoms with E-state index >= 15 is 0 Å². The van der Waals surface area contributed by atoms with Crippen LogP contribution >= 0.6 is 27.3 Å². The van der Waals surface area contributed by atoms with Gasteiger partial charge in [0.15, 0.2) is 11.7 Å². The molecule has 2 N–H and O–H groups in total. The number of hydrogen-bond donors (Lipinski definition) is 2. The molecule has 0 radical (unpaired) electrons.